The molecule has 0 aliphatic heterocycles. The molecule has 0 unspecified atom stereocenters. The third-order valence-electron chi connectivity index (χ3n) is 2.36. The average molecular weight is 329 g/mol. The third kappa shape index (κ3) is 3.14. The Labute approximate surface area is 116 Å². The van der Waals surface area contributed by atoms with Crippen molar-refractivity contribution in [3.8, 4) is 0 Å². The van der Waals surface area contributed by atoms with Gasteiger partial charge in [0.1, 0.15) is 0 Å². The largest absolute Gasteiger partial charge is 0.337 e. The van der Waals surface area contributed by atoms with Crippen LogP contribution in [-0.2, 0) is 6.54 Å². The molecule has 2 heterocycles. The van der Waals surface area contributed by atoms with Crippen LogP contribution in [0.5, 0.6) is 0 Å². The Morgan fingerprint density at radius 1 is 1.56 bits per heavy atom. The van der Waals surface area contributed by atoms with Gasteiger partial charge < -0.3 is 4.90 Å². The lowest BCUT2D eigenvalue weighted by atomic mass is 10.2. The Morgan fingerprint density at radius 3 is 2.89 bits per heavy atom. The van der Waals surface area contributed by atoms with Crippen LogP contribution in [-0.4, -0.2) is 22.8 Å². The summed E-state index contributed by atoms with van der Waals surface area (Å²) in [6.07, 6.45) is 1.25. The van der Waals surface area contributed by atoms with Gasteiger partial charge in [-0.3, -0.25) is 4.79 Å². The predicted molar refractivity (Wildman–Crippen MR) is 72.0 cm³/mol. The molecule has 3 nitrogen and oxygen atoms in total. The van der Waals surface area contributed by atoms with E-state index >= 15 is 0 Å². The highest BCUT2D eigenvalue weighted by atomic mass is 79.9. The fourth-order valence-electron chi connectivity index (χ4n) is 1.50. The van der Waals surface area contributed by atoms with Gasteiger partial charge in [0.15, 0.2) is 0 Å². The zero-order valence-corrected chi connectivity index (χ0v) is 12.0. The number of rotatable bonds is 3. The van der Waals surface area contributed by atoms with E-state index in [1.807, 2.05) is 11.4 Å². The van der Waals surface area contributed by atoms with Gasteiger partial charge >= 0.3 is 0 Å². The van der Waals surface area contributed by atoms with Crippen LogP contribution in [0, 0.1) is 5.95 Å². The lowest BCUT2D eigenvalue weighted by Crippen LogP contribution is -2.26. The van der Waals surface area contributed by atoms with Crippen LogP contribution in [0.2, 0.25) is 0 Å². The smallest absolute Gasteiger partial charge is 0.255 e. The van der Waals surface area contributed by atoms with Crippen molar-refractivity contribution in [2.45, 2.75) is 6.54 Å². The summed E-state index contributed by atoms with van der Waals surface area (Å²) in [5.74, 6) is -0.763. The number of nitrogens with zero attached hydrogens (tertiary/aromatic N) is 2. The molecule has 1 amide bonds. The van der Waals surface area contributed by atoms with E-state index < -0.39 is 5.95 Å². The highest BCUT2D eigenvalue weighted by Gasteiger charge is 2.13. The van der Waals surface area contributed by atoms with Crippen LogP contribution in [0.25, 0.3) is 0 Å². The van der Waals surface area contributed by atoms with Crippen molar-refractivity contribution in [2.75, 3.05) is 7.05 Å². The van der Waals surface area contributed by atoms with Gasteiger partial charge in [0, 0.05) is 19.8 Å². The number of halogens is 2. The molecule has 18 heavy (non-hydrogen) atoms. The van der Waals surface area contributed by atoms with Crippen molar-refractivity contribution >= 4 is 33.2 Å². The standard InChI is InChI=1S/C12H10BrFN2OS/c1-16(6-8-4-10(13)18-7-8)12(17)9-2-3-11(14)15-5-9/h2-5,7H,6H2,1H3. The number of thiophene rings is 1. The second kappa shape index (κ2) is 5.58. The van der Waals surface area contributed by atoms with Gasteiger partial charge in [-0.2, -0.15) is 4.39 Å². The maximum atomic E-state index is 12.7. The summed E-state index contributed by atoms with van der Waals surface area (Å²) in [4.78, 5) is 17.1. The first-order valence-corrected chi connectivity index (χ1v) is 6.83. The summed E-state index contributed by atoms with van der Waals surface area (Å²) in [6, 6.07) is 4.59. The lowest BCUT2D eigenvalue weighted by Gasteiger charge is -2.16. The number of pyridine rings is 1. The van der Waals surface area contributed by atoms with Crippen LogP contribution in [0.1, 0.15) is 15.9 Å². The first-order valence-electron chi connectivity index (χ1n) is 5.16. The lowest BCUT2D eigenvalue weighted by molar-refractivity contribution is 0.0784. The summed E-state index contributed by atoms with van der Waals surface area (Å²) < 4.78 is 13.7. The van der Waals surface area contributed by atoms with Gasteiger partial charge in [-0.25, -0.2) is 4.98 Å². The zero-order valence-electron chi connectivity index (χ0n) is 9.56. The highest BCUT2D eigenvalue weighted by Crippen LogP contribution is 2.21. The molecule has 6 heteroatoms. The minimum absolute atomic E-state index is 0.176. The molecule has 2 rings (SSSR count). The molecular weight excluding hydrogens is 319 g/mol. The fraction of sp³-hybridized carbons (Fsp3) is 0.167. The van der Waals surface area contributed by atoms with E-state index in [0.29, 0.717) is 12.1 Å². The van der Waals surface area contributed by atoms with Gasteiger partial charge in [-0.15, -0.1) is 11.3 Å². The van der Waals surface area contributed by atoms with Crippen LogP contribution in [0.3, 0.4) is 0 Å². The Balaban J connectivity index is 2.07. The number of carbonyl (C=O) groups excluding carboxylic acids is 1. The third-order valence-corrected chi connectivity index (χ3v) is 3.92. The van der Waals surface area contributed by atoms with Crippen LogP contribution < -0.4 is 0 Å². The summed E-state index contributed by atoms with van der Waals surface area (Å²) in [6.45, 7) is 0.512. The van der Waals surface area contributed by atoms with Crippen molar-refractivity contribution in [2.24, 2.45) is 0 Å². The molecule has 0 N–H and O–H groups in total. The second-order valence-corrected chi connectivity index (χ2v) is 6.08. The van der Waals surface area contributed by atoms with E-state index in [0.717, 1.165) is 9.35 Å². The molecule has 0 saturated heterocycles. The molecule has 2 aromatic rings. The minimum Gasteiger partial charge on any atom is -0.337 e. The van der Waals surface area contributed by atoms with Crippen molar-refractivity contribution in [3.63, 3.8) is 0 Å². The summed E-state index contributed by atoms with van der Waals surface area (Å²) in [7, 11) is 1.71. The second-order valence-electron chi connectivity index (χ2n) is 3.79. The molecule has 0 aliphatic rings. The fourth-order valence-corrected chi connectivity index (χ4v) is 2.70. The van der Waals surface area contributed by atoms with Crippen molar-refractivity contribution in [3.05, 3.63) is 50.6 Å². The number of aromatic nitrogens is 1. The summed E-state index contributed by atoms with van der Waals surface area (Å²) >= 11 is 4.95. The molecule has 2 aromatic heterocycles. The quantitative estimate of drug-likeness (QED) is 0.810. The molecule has 0 atom stereocenters. The molecule has 0 radical (unpaired) electrons. The van der Waals surface area contributed by atoms with Gasteiger partial charge in [0.05, 0.1) is 9.35 Å². The van der Waals surface area contributed by atoms with Crippen molar-refractivity contribution < 1.29 is 9.18 Å². The number of hydrogen-bond acceptors (Lipinski definition) is 3. The normalized spacial score (nSPS) is 10.4. The molecule has 0 fully saturated rings. The molecule has 0 bridgehead atoms. The van der Waals surface area contributed by atoms with Crippen LogP contribution >= 0.6 is 27.3 Å². The molecule has 94 valence electrons. The topological polar surface area (TPSA) is 33.2 Å². The van der Waals surface area contributed by atoms with E-state index in [1.165, 1.54) is 18.3 Å². The van der Waals surface area contributed by atoms with E-state index in [4.69, 9.17) is 0 Å². The highest BCUT2D eigenvalue weighted by molar-refractivity contribution is 9.11. The van der Waals surface area contributed by atoms with E-state index in [1.54, 1.807) is 23.3 Å². The molecule has 0 saturated carbocycles. The monoisotopic (exact) mass is 328 g/mol. The Bertz CT molecular complexity index is 555. The van der Waals surface area contributed by atoms with Crippen molar-refractivity contribution in [1.82, 2.24) is 9.88 Å². The first-order chi connectivity index (χ1) is 8.56. The maximum Gasteiger partial charge on any atom is 0.255 e. The Kier molecular flexibility index (Phi) is 4.08. The Morgan fingerprint density at radius 2 is 2.33 bits per heavy atom. The Hall–Kier alpha value is -1.27. The number of hydrogen-bond donors (Lipinski definition) is 0. The van der Waals surface area contributed by atoms with Gasteiger partial charge in [-0.05, 0) is 45.1 Å². The SMILES string of the molecule is CN(Cc1csc(Br)c1)C(=O)c1ccc(F)nc1. The average Bonchev–Trinajstić information content (AvgIpc) is 2.75. The van der Waals surface area contributed by atoms with Crippen LogP contribution in [0.15, 0.2) is 33.6 Å². The minimum atomic E-state index is -0.587. The zero-order chi connectivity index (χ0) is 13.1. The molecular formula is C12H10BrFN2OS. The van der Waals surface area contributed by atoms with Gasteiger partial charge in [0.2, 0.25) is 5.95 Å². The molecule has 0 aromatic carbocycles. The summed E-state index contributed by atoms with van der Waals surface area (Å²) in [5, 5.41) is 1.98. The van der Waals surface area contributed by atoms with Gasteiger partial charge in [0.25, 0.3) is 5.91 Å². The van der Waals surface area contributed by atoms with E-state index in [2.05, 4.69) is 20.9 Å². The molecule has 0 spiro atoms. The van der Waals surface area contributed by atoms with Crippen molar-refractivity contribution in [1.29, 1.82) is 0 Å². The summed E-state index contributed by atoms with van der Waals surface area (Å²) in [5.41, 5.74) is 1.44. The number of amides is 1. The van der Waals surface area contributed by atoms with E-state index in [-0.39, 0.29) is 5.91 Å². The van der Waals surface area contributed by atoms with E-state index in [9.17, 15) is 9.18 Å². The molecule has 0 aliphatic carbocycles. The maximum absolute atomic E-state index is 12.7. The van der Waals surface area contributed by atoms with Crippen LogP contribution in [0.4, 0.5) is 4.39 Å². The predicted octanol–water partition coefficient (Wildman–Crippen LogP) is 3.32. The number of carbonyl (C=O) groups is 1. The van der Waals surface area contributed by atoms with Gasteiger partial charge in [-0.1, -0.05) is 0 Å². The first kappa shape index (κ1) is 13.2.